The molecule has 1 aromatic rings. The van der Waals surface area contributed by atoms with E-state index in [1.54, 1.807) is 53.7 Å². The van der Waals surface area contributed by atoms with Crippen molar-refractivity contribution >= 4 is 22.2 Å². The highest BCUT2D eigenvalue weighted by Gasteiger charge is 2.29. The summed E-state index contributed by atoms with van der Waals surface area (Å²) < 4.78 is 40.0. The lowest BCUT2D eigenvalue weighted by molar-refractivity contribution is -0.157. The van der Waals surface area contributed by atoms with Crippen LogP contribution in [0, 0.1) is 6.92 Å². The van der Waals surface area contributed by atoms with Gasteiger partial charge in [-0.05, 0) is 60.6 Å². The van der Waals surface area contributed by atoms with E-state index < -0.39 is 39.4 Å². The largest absolute Gasteiger partial charge is 0.458 e. The second-order valence-electron chi connectivity index (χ2n) is 8.61. The van der Waals surface area contributed by atoms with Gasteiger partial charge in [-0.1, -0.05) is 17.7 Å². The topological polar surface area (TPSA) is 108 Å². The molecular formula is C20H31NO7S. The van der Waals surface area contributed by atoms with Gasteiger partial charge in [0.25, 0.3) is 10.1 Å². The molecule has 0 radical (unpaired) electrons. The highest BCUT2D eigenvalue weighted by atomic mass is 32.2. The maximum Gasteiger partial charge on any atom is 0.408 e. The number of esters is 1. The second-order valence-corrected chi connectivity index (χ2v) is 10.2. The number of benzene rings is 1. The van der Waals surface area contributed by atoms with Crippen LogP contribution in [0.15, 0.2) is 29.2 Å². The summed E-state index contributed by atoms with van der Waals surface area (Å²) in [4.78, 5) is 24.5. The van der Waals surface area contributed by atoms with Gasteiger partial charge in [-0.3, -0.25) is 4.18 Å². The summed E-state index contributed by atoms with van der Waals surface area (Å²) in [7, 11) is -3.99. The van der Waals surface area contributed by atoms with Gasteiger partial charge in [-0.25, -0.2) is 9.59 Å². The van der Waals surface area contributed by atoms with E-state index in [0.717, 1.165) is 5.56 Å². The van der Waals surface area contributed by atoms with Crippen molar-refractivity contribution in [1.29, 1.82) is 0 Å². The Morgan fingerprint density at radius 1 is 0.966 bits per heavy atom. The Balaban J connectivity index is 2.81. The van der Waals surface area contributed by atoms with Crippen LogP contribution in [0.2, 0.25) is 0 Å². The average Bonchev–Trinajstić information content (AvgIpc) is 2.50. The molecule has 0 heterocycles. The summed E-state index contributed by atoms with van der Waals surface area (Å²) in [5.41, 5.74) is -0.622. The summed E-state index contributed by atoms with van der Waals surface area (Å²) in [5.74, 6) is -0.709. The molecule has 1 N–H and O–H groups in total. The first kappa shape index (κ1) is 24.9. The van der Waals surface area contributed by atoms with E-state index in [0.29, 0.717) is 0 Å². The van der Waals surface area contributed by atoms with E-state index in [9.17, 15) is 18.0 Å². The number of hydrogen-bond donors (Lipinski definition) is 1. The molecule has 1 unspecified atom stereocenters. The molecule has 0 saturated carbocycles. The van der Waals surface area contributed by atoms with Crippen LogP contribution in [0.1, 0.15) is 53.5 Å². The first-order chi connectivity index (χ1) is 13.1. The highest BCUT2D eigenvalue weighted by Crippen LogP contribution is 2.15. The molecule has 8 nitrogen and oxygen atoms in total. The van der Waals surface area contributed by atoms with Gasteiger partial charge in [0.15, 0.2) is 0 Å². The SMILES string of the molecule is Cc1ccc(S(=O)(=O)OCCC(NC(=O)OC(C)(C)C)C(=O)OC(C)(C)C)cc1. The van der Waals surface area contributed by atoms with Gasteiger partial charge >= 0.3 is 12.1 Å². The van der Waals surface area contributed by atoms with Gasteiger partial charge in [-0.2, -0.15) is 8.42 Å². The molecule has 0 spiro atoms. The molecule has 164 valence electrons. The van der Waals surface area contributed by atoms with Crippen molar-refractivity contribution in [1.82, 2.24) is 5.32 Å². The van der Waals surface area contributed by atoms with Crippen LogP contribution < -0.4 is 5.32 Å². The number of rotatable bonds is 7. The molecule has 0 aliphatic rings. The number of amides is 1. The summed E-state index contributed by atoms with van der Waals surface area (Å²) >= 11 is 0. The van der Waals surface area contributed by atoms with Gasteiger partial charge in [0.2, 0.25) is 0 Å². The third-order valence-corrected chi connectivity index (χ3v) is 4.66. The highest BCUT2D eigenvalue weighted by molar-refractivity contribution is 7.86. The molecule has 29 heavy (non-hydrogen) atoms. The van der Waals surface area contributed by atoms with Gasteiger partial charge < -0.3 is 14.8 Å². The van der Waals surface area contributed by atoms with Gasteiger partial charge in [-0.15, -0.1) is 0 Å². The standard InChI is InChI=1S/C20H31NO7S/c1-14-8-10-15(11-9-14)29(24,25)26-13-12-16(17(22)27-19(2,3)4)21-18(23)28-20(5,6)7/h8-11,16H,12-13H2,1-7H3,(H,21,23). The number of hydrogen-bond acceptors (Lipinski definition) is 7. The van der Waals surface area contributed by atoms with E-state index in [2.05, 4.69) is 5.32 Å². The van der Waals surface area contributed by atoms with Crippen molar-refractivity contribution < 1.29 is 31.7 Å². The monoisotopic (exact) mass is 429 g/mol. The molecule has 1 rings (SSSR count). The summed E-state index contributed by atoms with van der Waals surface area (Å²) in [6.07, 6.45) is -0.922. The second kappa shape index (κ2) is 9.58. The molecule has 0 bridgehead atoms. The predicted molar refractivity (Wildman–Crippen MR) is 108 cm³/mol. The molecule has 0 saturated heterocycles. The Labute approximate surface area is 173 Å². The van der Waals surface area contributed by atoms with Crippen molar-refractivity contribution in [2.24, 2.45) is 0 Å². The van der Waals surface area contributed by atoms with E-state index in [4.69, 9.17) is 13.7 Å². The van der Waals surface area contributed by atoms with Crippen LogP contribution in [0.5, 0.6) is 0 Å². The van der Waals surface area contributed by atoms with Crippen molar-refractivity contribution in [2.75, 3.05) is 6.61 Å². The lowest BCUT2D eigenvalue weighted by Crippen LogP contribution is -2.46. The van der Waals surface area contributed by atoms with Gasteiger partial charge in [0.1, 0.15) is 17.2 Å². The Morgan fingerprint density at radius 2 is 1.48 bits per heavy atom. The van der Waals surface area contributed by atoms with Crippen molar-refractivity contribution in [3.63, 3.8) is 0 Å². The molecule has 9 heteroatoms. The van der Waals surface area contributed by atoms with E-state index in [1.807, 2.05) is 6.92 Å². The molecule has 0 aromatic heterocycles. The van der Waals surface area contributed by atoms with Crippen molar-refractivity contribution in [2.45, 2.75) is 77.0 Å². The van der Waals surface area contributed by atoms with Crippen LogP contribution >= 0.6 is 0 Å². The van der Waals surface area contributed by atoms with Gasteiger partial charge in [0.05, 0.1) is 11.5 Å². The fourth-order valence-electron chi connectivity index (χ4n) is 2.12. The van der Waals surface area contributed by atoms with Crippen molar-refractivity contribution in [3.05, 3.63) is 29.8 Å². The Bertz CT molecular complexity index is 803. The fourth-order valence-corrected chi connectivity index (χ4v) is 3.04. The molecule has 1 atom stereocenters. The third-order valence-electron chi connectivity index (χ3n) is 3.34. The predicted octanol–water partition coefficient (Wildman–Crippen LogP) is 3.33. The number of nitrogens with one attached hydrogen (secondary N) is 1. The number of ether oxygens (including phenoxy) is 2. The molecule has 0 aliphatic carbocycles. The zero-order valence-corrected chi connectivity index (χ0v) is 18.9. The number of carbonyl (C=O) groups is 2. The third kappa shape index (κ3) is 9.76. The Morgan fingerprint density at radius 3 is 1.97 bits per heavy atom. The Hall–Kier alpha value is -2.13. The number of carbonyl (C=O) groups excluding carboxylic acids is 2. The minimum absolute atomic E-state index is 0.0111. The zero-order valence-electron chi connectivity index (χ0n) is 18.1. The number of aryl methyl sites for hydroxylation is 1. The Kier molecular flexibility index (Phi) is 8.23. The molecule has 0 fully saturated rings. The molecule has 0 aliphatic heterocycles. The quantitative estimate of drug-likeness (QED) is 0.523. The molecule has 1 aromatic carbocycles. The first-order valence-corrected chi connectivity index (χ1v) is 10.7. The minimum atomic E-state index is -3.99. The van der Waals surface area contributed by atoms with Crippen LogP contribution in [0.4, 0.5) is 4.79 Å². The first-order valence-electron chi connectivity index (χ1n) is 9.27. The summed E-state index contributed by atoms with van der Waals surface area (Å²) in [5, 5.41) is 2.42. The van der Waals surface area contributed by atoms with E-state index in [1.165, 1.54) is 12.1 Å². The summed E-state index contributed by atoms with van der Waals surface area (Å²) in [6.45, 7) is 11.6. The molecular weight excluding hydrogens is 398 g/mol. The van der Waals surface area contributed by atoms with Crippen molar-refractivity contribution in [3.8, 4) is 0 Å². The van der Waals surface area contributed by atoms with Gasteiger partial charge in [0, 0.05) is 6.42 Å². The maximum absolute atomic E-state index is 12.4. The fraction of sp³-hybridized carbons (Fsp3) is 0.600. The van der Waals surface area contributed by atoms with E-state index in [-0.39, 0.29) is 17.9 Å². The summed E-state index contributed by atoms with van der Waals surface area (Å²) in [6, 6.07) is 5.06. The van der Waals surface area contributed by atoms with Crippen LogP contribution in [0.3, 0.4) is 0 Å². The lowest BCUT2D eigenvalue weighted by Gasteiger charge is -2.26. The average molecular weight is 430 g/mol. The van der Waals surface area contributed by atoms with Crippen LogP contribution in [0.25, 0.3) is 0 Å². The number of alkyl carbamates (subject to hydrolysis) is 1. The smallest absolute Gasteiger partial charge is 0.408 e. The van der Waals surface area contributed by atoms with E-state index >= 15 is 0 Å². The maximum atomic E-state index is 12.4. The normalized spacial score (nSPS) is 13.5. The lowest BCUT2D eigenvalue weighted by atomic mass is 10.1. The molecule has 1 amide bonds. The minimum Gasteiger partial charge on any atom is -0.458 e. The van der Waals surface area contributed by atoms with Crippen LogP contribution in [-0.2, 0) is 28.6 Å². The van der Waals surface area contributed by atoms with Crippen LogP contribution in [-0.4, -0.2) is 44.3 Å². The zero-order chi connectivity index (χ0) is 22.5.